The minimum Gasteiger partial charge on any atom is -0.480 e. The third-order valence-electron chi connectivity index (χ3n) is 22.2. The summed E-state index contributed by atoms with van der Waals surface area (Å²) >= 11 is 41.6. The van der Waals surface area contributed by atoms with Crippen molar-refractivity contribution < 1.29 is 33.5 Å². The Labute approximate surface area is 694 Å². The number of fused-ring (bicyclic) bond motifs is 3. The average Bonchev–Trinajstić information content (AvgIpc) is 1.56. The van der Waals surface area contributed by atoms with Gasteiger partial charge in [0.05, 0.1) is 18.1 Å². The van der Waals surface area contributed by atoms with E-state index in [0.29, 0.717) is 95.5 Å². The van der Waals surface area contributed by atoms with Crippen molar-refractivity contribution in [3.63, 3.8) is 0 Å². The van der Waals surface area contributed by atoms with Gasteiger partial charge >= 0.3 is 5.97 Å². The first kappa shape index (κ1) is 80.8. The number of carbonyl (C=O) groups is 5. The molecule has 3 fully saturated rings. The number of amides is 4. The van der Waals surface area contributed by atoms with Crippen LogP contribution >= 0.6 is 105 Å². The molecule has 0 radical (unpaired) electrons. The molecule has 112 heavy (non-hydrogen) atoms. The molecule has 9 aliphatic heterocycles. The highest BCUT2D eigenvalue weighted by Gasteiger charge is 2.58. The van der Waals surface area contributed by atoms with Crippen LogP contribution in [0.5, 0.6) is 0 Å². The van der Waals surface area contributed by atoms with Crippen molar-refractivity contribution in [2.45, 2.75) is 161 Å². The topological polar surface area (TPSA) is 239 Å². The number of hydrazine groups is 1. The van der Waals surface area contributed by atoms with Crippen molar-refractivity contribution in [3.8, 4) is 0 Å². The summed E-state index contributed by atoms with van der Waals surface area (Å²) in [5, 5.41) is 24.2. The number of hydrogen-bond acceptors (Lipinski definition) is 18. The Morgan fingerprint density at radius 2 is 0.750 bits per heavy atom. The Bertz CT molecular complexity index is 5050. The normalized spacial score (nSPS) is 25.1. The van der Waals surface area contributed by atoms with E-state index in [1.54, 1.807) is 11.8 Å². The number of likely N-dealkylation sites (tertiary alicyclic amines) is 3. The lowest BCUT2D eigenvalue weighted by Gasteiger charge is -2.37. The number of allylic oxidation sites excluding steroid dienone is 3. The highest BCUT2D eigenvalue weighted by Crippen LogP contribution is 2.61. The molecule has 0 saturated carbocycles. The number of benzene rings is 6. The van der Waals surface area contributed by atoms with E-state index in [1.807, 2.05) is 138 Å². The number of halogens is 6. The molecule has 9 atom stereocenters. The zero-order valence-electron chi connectivity index (χ0n) is 63.3. The van der Waals surface area contributed by atoms with E-state index in [-0.39, 0.29) is 65.5 Å². The van der Waals surface area contributed by atoms with E-state index >= 15 is 0 Å². The van der Waals surface area contributed by atoms with Crippen LogP contribution in [0.1, 0.15) is 170 Å². The number of aliphatic imine (C=N–C) groups is 3. The van der Waals surface area contributed by atoms with Gasteiger partial charge in [-0.05, 0) is 219 Å². The van der Waals surface area contributed by atoms with Gasteiger partial charge in [0.2, 0.25) is 11.8 Å². The number of amidine groups is 3. The van der Waals surface area contributed by atoms with E-state index in [0.717, 1.165) is 85.2 Å². The van der Waals surface area contributed by atoms with Crippen LogP contribution in [0.15, 0.2) is 197 Å². The number of carbonyl (C=O) groups excluding carboxylic acids is 4. The molecule has 10 heterocycles. The van der Waals surface area contributed by atoms with Crippen LogP contribution in [-0.2, 0) is 40.6 Å². The third-order valence-corrected chi connectivity index (χ3v) is 26.9. The van der Waals surface area contributed by atoms with Crippen molar-refractivity contribution in [3.05, 3.63) is 253 Å². The van der Waals surface area contributed by atoms with Gasteiger partial charge in [-0.3, -0.25) is 24.6 Å². The van der Waals surface area contributed by atoms with Crippen LogP contribution in [0, 0.1) is 24.7 Å². The number of hydrogen-bond donors (Lipinski definition) is 3. The summed E-state index contributed by atoms with van der Waals surface area (Å²) in [6.07, 6.45) is 4.20. The maximum absolute atomic E-state index is 14.2. The second kappa shape index (κ2) is 32.5. The van der Waals surface area contributed by atoms with Gasteiger partial charge in [-0.1, -0.05) is 184 Å². The number of aromatic nitrogens is 2. The summed E-state index contributed by atoms with van der Waals surface area (Å²) < 4.78 is 5.74. The second-order valence-electron chi connectivity index (χ2n) is 30.5. The van der Waals surface area contributed by atoms with E-state index in [1.165, 1.54) is 40.2 Å². The molecule has 0 unspecified atom stereocenters. The Morgan fingerprint density at radius 3 is 1.05 bits per heavy atom. The molecule has 20 nitrogen and oxygen atoms in total. The zero-order chi connectivity index (χ0) is 79.7. The first-order valence-electron chi connectivity index (χ1n) is 37.4. The summed E-state index contributed by atoms with van der Waals surface area (Å²) in [5.74, 6) is 4.85. The molecular weight excluding hydrogens is 1600 g/mol. The summed E-state index contributed by atoms with van der Waals surface area (Å²) in [6.45, 7) is 22.3. The van der Waals surface area contributed by atoms with Gasteiger partial charge in [-0.15, -0.1) is 10.2 Å². The van der Waals surface area contributed by atoms with Gasteiger partial charge in [0.1, 0.15) is 49.5 Å². The van der Waals surface area contributed by atoms with Crippen molar-refractivity contribution in [1.29, 1.82) is 0 Å². The molecule has 7 aromatic rings. The fourth-order valence-electron chi connectivity index (χ4n) is 16.9. The van der Waals surface area contributed by atoms with Gasteiger partial charge < -0.3 is 38.9 Å². The molecule has 16 rings (SSSR count). The standard InChI is InChI=1S/C29H29Cl2N5O2S.C27H29Cl2N5O2S.C27H27Cl2N3O3S/c1-16(2)23-24(27(37)35-15-5-6-22(35)26-34-33-17(3)38-26)39-28-32-29(4,19-9-13-21(31)14-10-19)25(36(23)28)18-7-11-20(30)12-8-18;1-15(2)21-22(25(36)33-14-4-5-20(33)24(35)32-30)37-26-31-27(3,17-8-12-19(29)13-9-17)23(34(21)26)16-6-10-18(28)11-7-16;1-15(2)21-22(24(33)31-14-4-5-20(31)25(34)35)36-26-30-27(3,17-8-12-19(29)13-9-17)23(32(21)26)16-6-10-18(28)11-7-16/h7-14,16,22,25H,5-6,15H2,1-4H3;6-13,15,20,23H,4-5,14,30H2,1-3H3,(H,32,35);6-13,15,20,23H,4-5,14H2,1-3H3,(H,34,35)/t22-,25+,29-;2*20-,23+,27-/m000/s1. The number of nitrogens with one attached hydrogen (secondary N) is 1. The molecule has 4 N–H and O–H groups in total. The molecule has 29 heteroatoms. The van der Waals surface area contributed by atoms with Gasteiger partial charge in [-0.25, -0.2) is 25.6 Å². The Kier molecular flexibility index (Phi) is 23.4. The zero-order valence-corrected chi connectivity index (χ0v) is 70.3. The average molecular weight is 1690 g/mol. The number of carboxylic acid groups (broad SMARTS) is 1. The number of thioether (sulfide) groups is 3. The minimum absolute atomic E-state index is 0.0115. The molecule has 584 valence electrons. The number of carboxylic acids is 1. The van der Waals surface area contributed by atoms with Gasteiger partial charge in [0, 0.05) is 73.8 Å². The maximum Gasteiger partial charge on any atom is 0.326 e. The third kappa shape index (κ3) is 15.0. The fraction of sp³-hybridized carbons (Fsp3) is 0.373. The maximum atomic E-state index is 14.2. The first-order valence-corrected chi connectivity index (χ1v) is 42.1. The van der Waals surface area contributed by atoms with Crippen molar-refractivity contribution in [2.24, 2.45) is 38.6 Å². The second-order valence-corrected chi connectivity index (χ2v) is 36.1. The highest BCUT2D eigenvalue weighted by molar-refractivity contribution is 8.18. The molecule has 0 bridgehead atoms. The molecule has 0 spiro atoms. The fourth-order valence-corrected chi connectivity index (χ4v) is 21.8. The number of nitrogens with two attached hydrogens (primary N) is 1. The molecule has 3 saturated heterocycles. The molecule has 6 aromatic carbocycles. The molecule has 4 amide bonds. The van der Waals surface area contributed by atoms with E-state index in [2.05, 4.69) is 105 Å². The van der Waals surface area contributed by atoms with E-state index in [9.17, 15) is 29.1 Å². The van der Waals surface area contributed by atoms with Gasteiger partial charge in [0.25, 0.3) is 23.6 Å². The molecule has 1 aromatic heterocycles. The number of rotatable bonds is 15. The molecule has 0 aliphatic carbocycles. The lowest BCUT2D eigenvalue weighted by atomic mass is 9.81. The van der Waals surface area contributed by atoms with E-state index < -0.39 is 34.7 Å². The minimum atomic E-state index is -0.956. The molecule has 9 aliphatic rings. The number of aryl methyl sites for hydroxylation is 1. The van der Waals surface area contributed by atoms with E-state index in [4.69, 9.17) is 94.8 Å². The van der Waals surface area contributed by atoms with Crippen molar-refractivity contribution in [2.75, 3.05) is 19.6 Å². The van der Waals surface area contributed by atoms with Crippen LogP contribution in [0.3, 0.4) is 0 Å². The Morgan fingerprint density at radius 1 is 0.455 bits per heavy atom. The Balaban J connectivity index is 0.000000140. The quantitative estimate of drug-likeness (QED) is 0.0491. The number of aliphatic carboxylic acids is 1. The summed E-state index contributed by atoms with van der Waals surface area (Å²) in [4.78, 5) is 95.3. The first-order chi connectivity index (χ1) is 53.4. The predicted octanol–water partition coefficient (Wildman–Crippen LogP) is 18.8. The van der Waals surface area contributed by atoms with Crippen LogP contribution in [0.2, 0.25) is 30.1 Å². The SMILES string of the molecule is CC(C)C1=C(C(=O)N2CCC[C@H]2C(=O)NN)SC2=N[C@@](C)(c3ccc(Cl)cc3)[C@@H](c3ccc(Cl)cc3)N21.CC(C)C1=C(C(=O)N2CCC[C@H]2C(=O)O)SC2=N[C@@](C)(c3ccc(Cl)cc3)[C@@H](c3ccc(Cl)cc3)N21.Cc1nnc([C@@H]2CCCN2C(=O)C2=C(C(C)C)N3C(=N[C@@](C)(c4ccc(Cl)cc4)[C@H]3c3ccc(Cl)cc3)S2)o1. The summed E-state index contributed by atoms with van der Waals surface area (Å²) in [6, 6.07) is 44.6. The smallest absolute Gasteiger partial charge is 0.326 e. The Hall–Kier alpha value is -7.81. The van der Waals surface area contributed by atoms with Crippen molar-refractivity contribution >= 4 is 150 Å². The highest BCUT2D eigenvalue weighted by atomic mass is 35.5. The summed E-state index contributed by atoms with van der Waals surface area (Å²) in [7, 11) is 0. The summed E-state index contributed by atoms with van der Waals surface area (Å²) in [5.41, 5.74) is 9.30. The van der Waals surface area contributed by atoms with Gasteiger partial charge in [0.15, 0.2) is 15.5 Å². The lowest BCUT2D eigenvalue weighted by Crippen LogP contribution is -2.48. The van der Waals surface area contributed by atoms with Crippen LogP contribution in [-0.4, -0.2) is 122 Å². The van der Waals surface area contributed by atoms with Crippen LogP contribution in [0.25, 0.3) is 0 Å². The number of nitrogens with zero attached hydrogens (tertiary/aromatic N) is 11. The van der Waals surface area contributed by atoms with Crippen molar-refractivity contribution in [1.82, 2.24) is 45.0 Å². The molecular formula is C83H85Cl6N13O7S3. The van der Waals surface area contributed by atoms with Crippen LogP contribution < -0.4 is 11.3 Å². The van der Waals surface area contributed by atoms with Crippen LogP contribution in [0.4, 0.5) is 0 Å². The predicted molar refractivity (Wildman–Crippen MR) is 447 cm³/mol. The monoisotopic (exact) mass is 1680 g/mol. The lowest BCUT2D eigenvalue weighted by molar-refractivity contribution is -0.146. The largest absolute Gasteiger partial charge is 0.480 e. The van der Waals surface area contributed by atoms with Gasteiger partial charge in [-0.2, -0.15) is 0 Å².